The Labute approximate surface area is 165 Å². The number of carboxylic acids is 1. The van der Waals surface area contributed by atoms with Crippen molar-refractivity contribution in [3.8, 4) is 0 Å². The molecule has 2 amide bonds. The molecule has 2 aliphatic rings. The van der Waals surface area contributed by atoms with E-state index in [1.54, 1.807) is 41.5 Å². The third kappa shape index (κ3) is 4.67. The van der Waals surface area contributed by atoms with E-state index < -0.39 is 11.9 Å². The second kappa shape index (κ2) is 8.53. The van der Waals surface area contributed by atoms with Gasteiger partial charge in [0.2, 0.25) is 5.91 Å². The molecule has 1 N–H and O–H groups in total. The number of piperidine rings is 1. The zero-order valence-corrected chi connectivity index (χ0v) is 16.0. The summed E-state index contributed by atoms with van der Waals surface area (Å²) in [5.74, 6) is -1.09. The van der Waals surface area contributed by atoms with Crippen molar-refractivity contribution in [3.05, 3.63) is 41.2 Å². The van der Waals surface area contributed by atoms with Crippen molar-refractivity contribution in [2.24, 2.45) is 5.92 Å². The summed E-state index contributed by atoms with van der Waals surface area (Å²) in [5.41, 5.74) is 0. The summed E-state index contributed by atoms with van der Waals surface area (Å²) in [6.07, 6.45) is 7.48. The minimum atomic E-state index is -0.827. The molecule has 0 unspecified atom stereocenters. The summed E-state index contributed by atoms with van der Waals surface area (Å²) in [6.45, 7) is 0.639. The van der Waals surface area contributed by atoms with E-state index in [2.05, 4.69) is 0 Å². The van der Waals surface area contributed by atoms with E-state index >= 15 is 0 Å². The van der Waals surface area contributed by atoms with Gasteiger partial charge in [-0.2, -0.15) is 0 Å². The number of likely N-dealkylation sites (tertiary alicyclic amines) is 1. The number of thioether (sulfide) groups is 1. The number of carboxylic acid groups (broad SMARTS) is 1. The average Bonchev–Trinajstić information content (AvgIpc) is 3.26. The van der Waals surface area contributed by atoms with Crippen LogP contribution in [-0.2, 0) is 14.4 Å². The normalized spacial score (nSPS) is 20.2. The van der Waals surface area contributed by atoms with Crippen molar-refractivity contribution in [2.45, 2.75) is 12.8 Å². The maximum absolute atomic E-state index is 12.5. The van der Waals surface area contributed by atoms with E-state index in [1.165, 1.54) is 4.90 Å². The Hall–Kier alpha value is -2.39. The Bertz CT molecular complexity index is 808. The highest BCUT2D eigenvalue weighted by Gasteiger charge is 2.35. The van der Waals surface area contributed by atoms with Gasteiger partial charge in [0.15, 0.2) is 0 Å². The molecule has 142 valence electrons. The highest BCUT2D eigenvalue weighted by Crippen LogP contribution is 2.31. The number of amides is 2. The van der Waals surface area contributed by atoms with Crippen LogP contribution in [-0.4, -0.2) is 56.6 Å². The van der Waals surface area contributed by atoms with Crippen LogP contribution < -0.4 is 0 Å². The van der Waals surface area contributed by atoms with Gasteiger partial charge in [0, 0.05) is 13.1 Å². The van der Waals surface area contributed by atoms with Crippen LogP contribution >= 0.6 is 24.0 Å². The summed E-state index contributed by atoms with van der Waals surface area (Å²) in [5, 5.41) is 9.03. The highest BCUT2D eigenvalue weighted by molar-refractivity contribution is 8.26. The van der Waals surface area contributed by atoms with Gasteiger partial charge in [0.05, 0.1) is 17.1 Å². The second-order valence-corrected chi connectivity index (χ2v) is 7.83. The molecule has 2 fully saturated rings. The van der Waals surface area contributed by atoms with Crippen LogP contribution in [0.3, 0.4) is 0 Å². The molecule has 7 nitrogen and oxygen atoms in total. The lowest BCUT2D eigenvalue weighted by molar-refractivity contribution is -0.146. The van der Waals surface area contributed by atoms with Gasteiger partial charge in [-0.05, 0) is 37.1 Å². The Morgan fingerprint density at radius 2 is 2.11 bits per heavy atom. The number of allylic oxidation sites excluding steroid dienone is 2. The van der Waals surface area contributed by atoms with Crippen LogP contribution in [0.25, 0.3) is 6.08 Å². The molecule has 9 heteroatoms. The van der Waals surface area contributed by atoms with E-state index in [1.807, 2.05) is 0 Å². The van der Waals surface area contributed by atoms with Gasteiger partial charge in [0.25, 0.3) is 5.91 Å². The van der Waals surface area contributed by atoms with Crippen molar-refractivity contribution >= 4 is 52.2 Å². The molecule has 0 saturated carbocycles. The van der Waals surface area contributed by atoms with Crippen molar-refractivity contribution < 1.29 is 23.9 Å². The lowest BCUT2D eigenvalue weighted by atomic mass is 9.97. The fourth-order valence-corrected chi connectivity index (χ4v) is 4.08. The van der Waals surface area contributed by atoms with Crippen molar-refractivity contribution in [1.29, 1.82) is 0 Å². The molecule has 0 radical (unpaired) electrons. The van der Waals surface area contributed by atoms with Gasteiger partial charge in [-0.15, -0.1) is 0 Å². The predicted molar refractivity (Wildman–Crippen MR) is 105 cm³/mol. The average molecular weight is 406 g/mol. The summed E-state index contributed by atoms with van der Waals surface area (Å²) in [4.78, 5) is 39.3. The number of carbonyl (C=O) groups excluding carboxylic acids is 2. The molecule has 2 saturated heterocycles. The van der Waals surface area contributed by atoms with Gasteiger partial charge in [0.1, 0.15) is 16.6 Å². The summed E-state index contributed by atoms with van der Waals surface area (Å²) in [7, 11) is 0. The maximum Gasteiger partial charge on any atom is 0.306 e. The predicted octanol–water partition coefficient (Wildman–Crippen LogP) is 2.36. The molecular weight excluding hydrogens is 388 g/mol. The lowest BCUT2D eigenvalue weighted by Gasteiger charge is -2.31. The molecule has 3 rings (SSSR count). The molecule has 1 aromatic heterocycles. The zero-order chi connectivity index (χ0) is 19.4. The van der Waals surface area contributed by atoms with Crippen molar-refractivity contribution in [1.82, 2.24) is 9.80 Å². The minimum absolute atomic E-state index is 0.123. The van der Waals surface area contributed by atoms with Crippen molar-refractivity contribution in [3.63, 3.8) is 0 Å². The molecular formula is C18H18N2O5S2. The molecule has 0 aromatic carbocycles. The van der Waals surface area contributed by atoms with Crippen LogP contribution in [0.2, 0.25) is 0 Å². The van der Waals surface area contributed by atoms with E-state index in [4.69, 9.17) is 21.7 Å². The first kappa shape index (κ1) is 19.4. The Morgan fingerprint density at radius 1 is 1.37 bits per heavy atom. The Kier molecular flexibility index (Phi) is 6.12. The van der Waals surface area contributed by atoms with E-state index in [9.17, 15) is 14.4 Å². The Morgan fingerprint density at radius 3 is 2.74 bits per heavy atom. The van der Waals surface area contributed by atoms with Gasteiger partial charge < -0.3 is 14.4 Å². The standard InChI is InChI=1S/C18H18N2O5S2/c21-15(19-8-6-12(7-9-19)17(23)24)11-20-16(22)14(27-18(20)26)5-1-3-13-4-2-10-25-13/h1-5,10,12H,6-9,11H2,(H,23,24). The number of carbonyl (C=O) groups is 3. The number of hydrogen-bond donors (Lipinski definition) is 1. The molecule has 0 spiro atoms. The minimum Gasteiger partial charge on any atom is -0.481 e. The quantitative estimate of drug-likeness (QED) is 0.593. The summed E-state index contributed by atoms with van der Waals surface area (Å²) < 4.78 is 5.52. The van der Waals surface area contributed by atoms with Crippen LogP contribution in [0.1, 0.15) is 18.6 Å². The third-order valence-corrected chi connectivity index (χ3v) is 5.81. The van der Waals surface area contributed by atoms with Gasteiger partial charge in [-0.25, -0.2) is 0 Å². The van der Waals surface area contributed by atoms with Gasteiger partial charge in [-0.3, -0.25) is 19.3 Å². The van der Waals surface area contributed by atoms with Crippen LogP contribution in [0, 0.1) is 5.92 Å². The first-order valence-electron chi connectivity index (χ1n) is 8.42. The number of nitrogens with zero attached hydrogens (tertiary/aromatic N) is 2. The topological polar surface area (TPSA) is 91.1 Å². The molecule has 0 aliphatic carbocycles. The van der Waals surface area contributed by atoms with Gasteiger partial charge >= 0.3 is 5.97 Å². The monoisotopic (exact) mass is 406 g/mol. The maximum atomic E-state index is 12.5. The van der Waals surface area contributed by atoms with Crippen LogP contribution in [0.5, 0.6) is 0 Å². The lowest BCUT2D eigenvalue weighted by Crippen LogP contribution is -2.46. The summed E-state index contributed by atoms with van der Waals surface area (Å²) in [6, 6.07) is 3.56. The number of aliphatic carboxylic acids is 1. The second-order valence-electron chi connectivity index (χ2n) is 6.16. The number of hydrogen-bond acceptors (Lipinski definition) is 6. The largest absolute Gasteiger partial charge is 0.481 e. The first-order valence-corrected chi connectivity index (χ1v) is 9.64. The molecule has 0 atom stereocenters. The van der Waals surface area contributed by atoms with Crippen LogP contribution in [0.4, 0.5) is 0 Å². The molecule has 3 heterocycles. The SMILES string of the molecule is O=C(O)C1CCN(C(=O)CN2C(=O)C(=CC=Cc3ccco3)SC2=S)CC1. The summed E-state index contributed by atoms with van der Waals surface area (Å²) >= 11 is 6.38. The fourth-order valence-electron chi connectivity index (χ4n) is 2.88. The fraction of sp³-hybridized carbons (Fsp3) is 0.333. The van der Waals surface area contributed by atoms with E-state index in [0.717, 1.165) is 11.8 Å². The smallest absolute Gasteiger partial charge is 0.306 e. The number of furan rings is 1. The highest BCUT2D eigenvalue weighted by atomic mass is 32.2. The molecule has 0 bridgehead atoms. The number of rotatable bonds is 5. The molecule has 2 aliphatic heterocycles. The van der Waals surface area contributed by atoms with E-state index in [-0.39, 0.29) is 18.4 Å². The zero-order valence-electron chi connectivity index (χ0n) is 14.4. The number of thiocarbonyl (C=S) groups is 1. The van der Waals surface area contributed by atoms with E-state index in [0.29, 0.717) is 40.9 Å². The first-order chi connectivity index (χ1) is 13.0. The van der Waals surface area contributed by atoms with Gasteiger partial charge in [-0.1, -0.05) is 30.1 Å². The Balaban J connectivity index is 1.57. The van der Waals surface area contributed by atoms with Crippen molar-refractivity contribution in [2.75, 3.05) is 19.6 Å². The van der Waals surface area contributed by atoms with Crippen LogP contribution in [0.15, 0.2) is 39.9 Å². The molecule has 1 aromatic rings. The molecule has 27 heavy (non-hydrogen) atoms. The third-order valence-electron chi connectivity index (χ3n) is 4.42.